The van der Waals surface area contributed by atoms with Crippen molar-refractivity contribution >= 4 is 11.8 Å². The summed E-state index contributed by atoms with van der Waals surface area (Å²) in [6.45, 7) is 3.60. The number of ether oxygens (including phenoxy) is 1. The van der Waals surface area contributed by atoms with E-state index in [1.165, 1.54) is 0 Å². The molecule has 2 heterocycles. The van der Waals surface area contributed by atoms with Gasteiger partial charge in [-0.25, -0.2) is 0 Å². The van der Waals surface area contributed by atoms with Crippen molar-refractivity contribution in [3.63, 3.8) is 0 Å². The van der Waals surface area contributed by atoms with Gasteiger partial charge in [0.1, 0.15) is 5.75 Å². The Morgan fingerprint density at radius 1 is 1.17 bits per heavy atom. The van der Waals surface area contributed by atoms with Gasteiger partial charge in [-0.2, -0.15) is 0 Å². The van der Waals surface area contributed by atoms with Crippen LogP contribution in [-0.4, -0.2) is 48.4 Å². The second-order valence-electron chi connectivity index (χ2n) is 6.42. The predicted molar refractivity (Wildman–Crippen MR) is 87.0 cm³/mol. The van der Waals surface area contributed by atoms with Crippen LogP contribution in [0.4, 0.5) is 0 Å². The molecule has 3 rings (SSSR count). The van der Waals surface area contributed by atoms with E-state index in [0.29, 0.717) is 19.7 Å². The summed E-state index contributed by atoms with van der Waals surface area (Å²) < 4.78 is 5.69. The van der Waals surface area contributed by atoms with E-state index in [-0.39, 0.29) is 23.8 Å². The minimum Gasteiger partial charge on any atom is -0.493 e. The van der Waals surface area contributed by atoms with E-state index in [9.17, 15) is 9.59 Å². The van der Waals surface area contributed by atoms with Crippen LogP contribution in [0.2, 0.25) is 0 Å². The molecule has 2 aliphatic heterocycles. The molecule has 1 fully saturated rings. The van der Waals surface area contributed by atoms with E-state index in [1.54, 1.807) is 6.92 Å². The van der Waals surface area contributed by atoms with Gasteiger partial charge in [-0.3, -0.25) is 9.59 Å². The number of hydrogen-bond acceptors (Lipinski definition) is 3. The third kappa shape index (κ3) is 3.19. The summed E-state index contributed by atoms with van der Waals surface area (Å²) in [6.07, 6.45) is 2.34. The Labute approximate surface area is 137 Å². The Kier molecular flexibility index (Phi) is 4.55. The number of carbonyl (C=O) groups excluding carboxylic acids is 2. The summed E-state index contributed by atoms with van der Waals surface area (Å²) in [5, 5.41) is 0. The largest absolute Gasteiger partial charge is 0.493 e. The van der Waals surface area contributed by atoms with Crippen molar-refractivity contribution < 1.29 is 14.3 Å². The maximum absolute atomic E-state index is 12.9. The third-order valence-electron chi connectivity index (χ3n) is 5.03. The number of para-hydroxylation sites is 1. The molecule has 0 saturated carbocycles. The van der Waals surface area contributed by atoms with E-state index >= 15 is 0 Å². The van der Waals surface area contributed by atoms with Crippen molar-refractivity contribution in [2.24, 2.45) is 5.92 Å². The summed E-state index contributed by atoms with van der Waals surface area (Å²) in [5.41, 5.74) is 1.09. The summed E-state index contributed by atoms with van der Waals surface area (Å²) in [4.78, 5) is 28.0. The van der Waals surface area contributed by atoms with Gasteiger partial charge in [0.15, 0.2) is 0 Å². The second-order valence-corrected chi connectivity index (χ2v) is 6.42. The molecule has 23 heavy (non-hydrogen) atoms. The fourth-order valence-corrected chi connectivity index (χ4v) is 3.61. The highest BCUT2D eigenvalue weighted by atomic mass is 16.5. The van der Waals surface area contributed by atoms with Gasteiger partial charge in [0, 0.05) is 45.0 Å². The summed E-state index contributed by atoms with van der Waals surface area (Å²) in [7, 11) is 1.90. The Hall–Kier alpha value is -2.04. The van der Waals surface area contributed by atoms with Gasteiger partial charge >= 0.3 is 0 Å². The molecule has 1 saturated heterocycles. The highest BCUT2D eigenvalue weighted by Gasteiger charge is 2.33. The van der Waals surface area contributed by atoms with Crippen LogP contribution in [0.25, 0.3) is 0 Å². The number of amides is 2. The summed E-state index contributed by atoms with van der Waals surface area (Å²) in [5.74, 6) is 1.19. The van der Waals surface area contributed by atoms with Crippen LogP contribution in [0.1, 0.15) is 37.8 Å². The number of hydrogen-bond donors (Lipinski definition) is 0. The molecule has 2 aliphatic rings. The van der Waals surface area contributed by atoms with E-state index < -0.39 is 0 Å². The van der Waals surface area contributed by atoms with Crippen molar-refractivity contribution in [1.82, 2.24) is 9.80 Å². The lowest BCUT2D eigenvalue weighted by Gasteiger charge is -2.37. The van der Waals surface area contributed by atoms with Crippen LogP contribution in [0, 0.1) is 5.92 Å². The van der Waals surface area contributed by atoms with Gasteiger partial charge in [0.05, 0.1) is 12.6 Å². The van der Waals surface area contributed by atoms with Crippen molar-refractivity contribution in [2.75, 3.05) is 26.7 Å². The number of nitrogens with zero attached hydrogens (tertiary/aromatic N) is 2. The van der Waals surface area contributed by atoms with Gasteiger partial charge in [0.2, 0.25) is 11.8 Å². The first-order valence-electron chi connectivity index (χ1n) is 8.32. The number of carbonyl (C=O) groups is 2. The Morgan fingerprint density at radius 2 is 1.87 bits per heavy atom. The van der Waals surface area contributed by atoms with Crippen molar-refractivity contribution in [2.45, 2.75) is 32.2 Å². The van der Waals surface area contributed by atoms with Crippen molar-refractivity contribution in [3.8, 4) is 5.75 Å². The zero-order valence-electron chi connectivity index (χ0n) is 13.8. The van der Waals surface area contributed by atoms with Gasteiger partial charge in [-0.05, 0) is 18.9 Å². The molecule has 124 valence electrons. The number of likely N-dealkylation sites (tertiary alicyclic amines) is 1. The molecule has 5 heteroatoms. The zero-order valence-corrected chi connectivity index (χ0v) is 13.8. The first-order valence-corrected chi connectivity index (χ1v) is 8.32. The molecular formula is C18H24N2O3. The highest BCUT2D eigenvalue weighted by molar-refractivity contribution is 5.80. The Bertz CT molecular complexity index is 594. The lowest BCUT2D eigenvalue weighted by molar-refractivity contribution is -0.141. The Morgan fingerprint density at radius 3 is 2.57 bits per heavy atom. The van der Waals surface area contributed by atoms with Gasteiger partial charge in [-0.1, -0.05) is 18.2 Å². The van der Waals surface area contributed by atoms with Gasteiger partial charge in [-0.15, -0.1) is 0 Å². The lowest BCUT2D eigenvalue weighted by atomic mass is 9.92. The molecular weight excluding hydrogens is 292 g/mol. The number of rotatable bonds is 2. The van der Waals surface area contributed by atoms with Crippen molar-refractivity contribution in [3.05, 3.63) is 29.8 Å². The second kappa shape index (κ2) is 6.60. The summed E-state index contributed by atoms with van der Waals surface area (Å²) in [6, 6.07) is 8.04. The normalized spacial score (nSPS) is 21.3. The number of benzene rings is 1. The smallest absolute Gasteiger partial charge is 0.226 e. The average Bonchev–Trinajstić information content (AvgIpc) is 2.60. The minimum absolute atomic E-state index is 0.0191. The molecule has 1 atom stereocenters. The molecule has 0 N–H and O–H groups in total. The monoisotopic (exact) mass is 316 g/mol. The average molecular weight is 316 g/mol. The predicted octanol–water partition coefficient (Wildman–Crippen LogP) is 2.23. The molecule has 0 spiro atoms. The van der Waals surface area contributed by atoms with E-state index in [1.807, 2.05) is 41.1 Å². The molecule has 0 aromatic heterocycles. The van der Waals surface area contributed by atoms with E-state index in [4.69, 9.17) is 4.74 Å². The molecule has 0 bridgehead atoms. The molecule has 5 nitrogen and oxygen atoms in total. The Balaban J connectivity index is 1.68. The quantitative estimate of drug-likeness (QED) is 0.841. The van der Waals surface area contributed by atoms with Gasteiger partial charge < -0.3 is 14.5 Å². The maximum Gasteiger partial charge on any atom is 0.226 e. The topological polar surface area (TPSA) is 49.9 Å². The molecule has 1 unspecified atom stereocenters. The first-order chi connectivity index (χ1) is 11.1. The van der Waals surface area contributed by atoms with Crippen LogP contribution in [0.15, 0.2) is 24.3 Å². The standard InChI is InChI=1S/C18H24N2O3/c1-13(21)20-10-7-14(8-11-20)18(22)19(2)16-9-12-23-17-6-4-3-5-15(16)17/h3-6,14,16H,7-12H2,1-2H3. The van der Waals surface area contributed by atoms with Gasteiger partial charge in [0.25, 0.3) is 0 Å². The molecule has 0 aliphatic carbocycles. The molecule has 1 aromatic rings. The van der Waals surface area contributed by atoms with Crippen LogP contribution >= 0.6 is 0 Å². The maximum atomic E-state index is 12.9. The van der Waals surface area contributed by atoms with E-state index in [2.05, 4.69) is 0 Å². The number of fused-ring (bicyclic) bond motifs is 1. The SMILES string of the molecule is CC(=O)N1CCC(C(=O)N(C)C2CCOc3ccccc32)CC1. The highest BCUT2D eigenvalue weighted by Crippen LogP contribution is 2.36. The molecule has 1 aromatic carbocycles. The minimum atomic E-state index is 0.0191. The zero-order chi connectivity index (χ0) is 16.4. The summed E-state index contributed by atoms with van der Waals surface area (Å²) >= 11 is 0. The van der Waals surface area contributed by atoms with Crippen molar-refractivity contribution in [1.29, 1.82) is 0 Å². The van der Waals surface area contributed by atoms with E-state index in [0.717, 1.165) is 30.6 Å². The van der Waals surface area contributed by atoms with Crippen LogP contribution < -0.4 is 4.74 Å². The van der Waals surface area contributed by atoms with Crippen LogP contribution in [-0.2, 0) is 9.59 Å². The first kappa shape index (κ1) is 15.8. The molecule has 0 radical (unpaired) electrons. The number of piperidine rings is 1. The fourth-order valence-electron chi connectivity index (χ4n) is 3.61. The lowest BCUT2D eigenvalue weighted by Crippen LogP contribution is -2.44. The third-order valence-corrected chi connectivity index (χ3v) is 5.03. The molecule has 2 amide bonds. The fraction of sp³-hybridized carbons (Fsp3) is 0.556. The van der Waals surface area contributed by atoms with Crippen LogP contribution in [0.3, 0.4) is 0 Å². The van der Waals surface area contributed by atoms with Crippen LogP contribution in [0.5, 0.6) is 5.75 Å².